The minimum atomic E-state index is -1.31. The molecule has 0 aromatic carbocycles. The van der Waals surface area contributed by atoms with Gasteiger partial charge in [-0.2, -0.15) is 5.01 Å². The number of carbonyl (C=O) groups is 1. The quantitative estimate of drug-likeness (QED) is 0.617. The van der Waals surface area contributed by atoms with Gasteiger partial charge in [-0.05, 0) is 26.2 Å². The second kappa shape index (κ2) is 4.13. The highest BCUT2D eigenvalue weighted by atomic mass is 16.3. The SMILES string of the molecule is CCN1C(=O)C2=C(O)C(O)C(N)=CN2N(C)C12CCC2. The molecule has 2 aliphatic heterocycles. The first kappa shape index (κ1) is 13.3. The summed E-state index contributed by atoms with van der Waals surface area (Å²) >= 11 is 0. The predicted octanol–water partition coefficient (Wildman–Crippen LogP) is -0.178. The number of hydrogen-bond acceptors (Lipinski definition) is 6. The number of likely N-dealkylation sites (N-methyl/N-ethyl adjacent to an activating group) is 1. The number of nitrogens with two attached hydrogens (primary N) is 1. The van der Waals surface area contributed by atoms with Gasteiger partial charge in [-0.3, -0.25) is 9.80 Å². The Hall–Kier alpha value is -1.73. The van der Waals surface area contributed by atoms with Gasteiger partial charge in [0.2, 0.25) is 0 Å². The lowest BCUT2D eigenvalue weighted by Crippen LogP contribution is -2.73. The van der Waals surface area contributed by atoms with Crippen molar-refractivity contribution in [3.63, 3.8) is 0 Å². The topological polar surface area (TPSA) is 93.3 Å². The number of amides is 1. The smallest absolute Gasteiger partial charge is 0.277 e. The van der Waals surface area contributed by atoms with Crippen molar-refractivity contribution in [3.8, 4) is 0 Å². The molecule has 1 atom stereocenters. The van der Waals surface area contributed by atoms with E-state index in [1.54, 1.807) is 9.91 Å². The first-order chi connectivity index (χ1) is 9.44. The second-order valence-electron chi connectivity index (χ2n) is 5.52. The van der Waals surface area contributed by atoms with Crippen molar-refractivity contribution in [1.29, 1.82) is 0 Å². The number of aliphatic hydroxyl groups excluding tert-OH is 2. The molecule has 1 saturated carbocycles. The summed E-state index contributed by atoms with van der Waals surface area (Å²) in [6.07, 6.45) is 3.06. The van der Waals surface area contributed by atoms with Crippen molar-refractivity contribution in [2.45, 2.75) is 38.0 Å². The molecule has 20 heavy (non-hydrogen) atoms. The van der Waals surface area contributed by atoms with Crippen LogP contribution in [0.25, 0.3) is 0 Å². The largest absolute Gasteiger partial charge is 0.507 e. The molecule has 7 heteroatoms. The molecule has 4 N–H and O–H groups in total. The number of carbonyl (C=O) groups excluding carboxylic acids is 1. The van der Waals surface area contributed by atoms with Crippen molar-refractivity contribution in [1.82, 2.24) is 14.9 Å². The summed E-state index contributed by atoms with van der Waals surface area (Å²) < 4.78 is 0. The van der Waals surface area contributed by atoms with Crippen LogP contribution in [0.15, 0.2) is 23.4 Å². The Labute approximate surface area is 117 Å². The van der Waals surface area contributed by atoms with E-state index in [-0.39, 0.29) is 28.7 Å². The summed E-state index contributed by atoms with van der Waals surface area (Å²) in [5.74, 6) is -0.639. The predicted molar refractivity (Wildman–Crippen MR) is 71.5 cm³/mol. The van der Waals surface area contributed by atoms with Crippen LogP contribution in [0.3, 0.4) is 0 Å². The molecule has 0 bridgehead atoms. The summed E-state index contributed by atoms with van der Waals surface area (Å²) in [7, 11) is 1.88. The fourth-order valence-electron chi connectivity index (χ4n) is 3.34. The zero-order valence-electron chi connectivity index (χ0n) is 11.7. The van der Waals surface area contributed by atoms with Crippen molar-refractivity contribution < 1.29 is 15.0 Å². The Morgan fingerprint density at radius 3 is 2.65 bits per heavy atom. The van der Waals surface area contributed by atoms with Gasteiger partial charge in [-0.1, -0.05) is 0 Å². The molecule has 3 rings (SSSR count). The summed E-state index contributed by atoms with van der Waals surface area (Å²) in [5.41, 5.74) is 5.60. The van der Waals surface area contributed by atoms with Crippen molar-refractivity contribution in [2.75, 3.05) is 13.6 Å². The number of nitrogens with zero attached hydrogens (tertiary/aromatic N) is 3. The van der Waals surface area contributed by atoms with Gasteiger partial charge in [0, 0.05) is 19.8 Å². The Morgan fingerprint density at radius 2 is 2.15 bits per heavy atom. The molecular formula is C13H20N4O3. The molecule has 1 unspecified atom stereocenters. The minimum absolute atomic E-state index is 0.0913. The van der Waals surface area contributed by atoms with E-state index in [1.807, 2.05) is 19.0 Å². The molecule has 3 aliphatic rings. The van der Waals surface area contributed by atoms with E-state index in [1.165, 1.54) is 6.20 Å². The Morgan fingerprint density at radius 1 is 1.50 bits per heavy atom. The monoisotopic (exact) mass is 280 g/mol. The van der Waals surface area contributed by atoms with E-state index in [4.69, 9.17) is 5.73 Å². The Balaban J connectivity index is 2.11. The van der Waals surface area contributed by atoms with E-state index in [0.29, 0.717) is 6.54 Å². The van der Waals surface area contributed by atoms with E-state index < -0.39 is 6.10 Å². The zero-order valence-corrected chi connectivity index (χ0v) is 11.7. The highest BCUT2D eigenvalue weighted by molar-refractivity contribution is 5.95. The molecule has 1 spiro atoms. The lowest BCUT2D eigenvalue weighted by atomic mass is 9.81. The van der Waals surface area contributed by atoms with Crippen LogP contribution in [0, 0.1) is 0 Å². The van der Waals surface area contributed by atoms with Crippen LogP contribution in [0.4, 0.5) is 0 Å². The molecule has 0 aromatic heterocycles. The van der Waals surface area contributed by atoms with Gasteiger partial charge < -0.3 is 20.8 Å². The van der Waals surface area contributed by atoms with Crippen LogP contribution in [-0.4, -0.2) is 56.4 Å². The van der Waals surface area contributed by atoms with E-state index in [9.17, 15) is 15.0 Å². The van der Waals surface area contributed by atoms with Crippen molar-refractivity contribution in [2.24, 2.45) is 5.73 Å². The summed E-state index contributed by atoms with van der Waals surface area (Å²) in [6, 6.07) is 0. The maximum Gasteiger partial charge on any atom is 0.277 e. The van der Waals surface area contributed by atoms with Crippen LogP contribution in [0.5, 0.6) is 0 Å². The lowest BCUT2D eigenvalue weighted by Gasteiger charge is -2.61. The Bertz CT molecular complexity index is 524. The van der Waals surface area contributed by atoms with Crippen molar-refractivity contribution in [3.05, 3.63) is 23.4 Å². The first-order valence-corrected chi connectivity index (χ1v) is 6.87. The number of aliphatic hydroxyl groups is 2. The average Bonchev–Trinajstić information content (AvgIpc) is 2.37. The van der Waals surface area contributed by atoms with Gasteiger partial charge in [-0.15, -0.1) is 0 Å². The summed E-state index contributed by atoms with van der Waals surface area (Å²) in [6.45, 7) is 2.48. The number of hydrogen-bond donors (Lipinski definition) is 3. The van der Waals surface area contributed by atoms with Crippen molar-refractivity contribution >= 4 is 5.91 Å². The highest BCUT2D eigenvalue weighted by Gasteiger charge is 2.56. The normalized spacial score (nSPS) is 29.4. The number of fused-ring (bicyclic) bond motifs is 1. The zero-order chi connectivity index (χ0) is 14.7. The van der Waals surface area contributed by atoms with Gasteiger partial charge >= 0.3 is 0 Å². The summed E-state index contributed by atoms with van der Waals surface area (Å²) in [4.78, 5) is 14.4. The molecule has 0 radical (unpaired) electrons. The molecule has 2 fully saturated rings. The Kier molecular flexibility index (Phi) is 2.74. The van der Waals surface area contributed by atoms with Gasteiger partial charge in [0.05, 0.1) is 5.70 Å². The standard InChI is InChI=1S/C13H20N4O3/c1-3-16-12(20)9-11(19)10(18)8(14)7-17(9)15(2)13(16)5-4-6-13/h7,10,18-19H,3-6,14H2,1-2H3. The van der Waals surface area contributed by atoms with Crippen LogP contribution >= 0.6 is 0 Å². The van der Waals surface area contributed by atoms with E-state index in [0.717, 1.165) is 19.3 Å². The third kappa shape index (κ3) is 1.39. The molecule has 2 heterocycles. The minimum Gasteiger partial charge on any atom is -0.507 e. The van der Waals surface area contributed by atoms with Crippen LogP contribution in [0.2, 0.25) is 0 Å². The average molecular weight is 280 g/mol. The van der Waals surface area contributed by atoms with Gasteiger partial charge in [0.1, 0.15) is 5.66 Å². The third-order valence-corrected chi connectivity index (χ3v) is 4.66. The van der Waals surface area contributed by atoms with E-state index in [2.05, 4.69) is 0 Å². The molecule has 1 aliphatic carbocycles. The molecule has 7 nitrogen and oxygen atoms in total. The van der Waals surface area contributed by atoms with Crippen LogP contribution in [0.1, 0.15) is 26.2 Å². The van der Waals surface area contributed by atoms with Gasteiger partial charge in [-0.25, -0.2) is 0 Å². The number of rotatable bonds is 1. The maximum absolute atomic E-state index is 12.7. The second-order valence-corrected chi connectivity index (χ2v) is 5.52. The van der Waals surface area contributed by atoms with Gasteiger partial charge in [0.15, 0.2) is 17.6 Å². The molecule has 110 valence electrons. The number of hydrazine groups is 1. The summed E-state index contributed by atoms with van der Waals surface area (Å²) in [5, 5.41) is 23.4. The van der Waals surface area contributed by atoms with E-state index >= 15 is 0 Å². The van der Waals surface area contributed by atoms with Crippen LogP contribution in [-0.2, 0) is 4.79 Å². The first-order valence-electron chi connectivity index (χ1n) is 6.87. The fourth-order valence-corrected chi connectivity index (χ4v) is 3.34. The molecular weight excluding hydrogens is 260 g/mol. The van der Waals surface area contributed by atoms with Crippen LogP contribution < -0.4 is 5.73 Å². The maximum atomic E-state index is 12.7. The molecule has 0 aromatic rings. The fraction of sp³-hybridized carbons (Fsp3) is 0.615. The third-order valence-electron chi connectivity index (χ3n) is 4.66. The molecule has 1 saturated heterocycles. The highest BCUT2D eigenvalue weighted by Crippen LogP contribution is 2.46. The lowest BCUT2D eigenvalue weighted by molar-refractivity contribution is -0.206. The van der Waals surface area contributed by atoms with Gasteiger partial charge in [0.25, 0.3) is 5.91 Å². The molecule has 1 amide bonds.